The maximum atomic E-state index is 11.8. The Kier molecular flexibility index (Phi) is 6.40. The highest BCUT2D eigenvalue weighted by Gasteiger charge is 2.18. The van der Waals surface area contributed by atoms with Crippen molar-refractivity contribution in [1.82, 2.24) is 25.0 Å². The van der Waals surface area contributed by atoms with Crippen molar-refractivity contribution in [2.45, 2.75) is 17.9 Å². The predicted octanol–water partition coefficient (Wildman–Crippen LogP) is 4.35. The monoisotopic (exact) mass is 537 g/mol. The number of aromatic amines is 1. The van der Waals surface area contributed by atoms with Crippen LogP contribution in [0.1, 0.15) is 11.4 Å². The summed E-state index contributed by atoms with van der Waals surface area (Å²) in [4.78, 5) is 15.6. The minimum atomic E-state index is -3.34. The van der Waals surface area contributed by atoms with E-state index < -0.39 is 15.8 Å². The number of ether oxygens (including phenoxy) is 1. The van der Waals surface area contributed by atoms with Crippen molar-refractivity contribution in [3.63, 3.8) is 0 Å². The van der Waals surface area contributed by atoms with Crippen molar-refractivity contribution in [3.05, 3.63) is 83.4 Å². The highest BCUT2D eigenvalue weighted by Crippen LogP contribution is 2.37. The van der Waals surface area contributed by atoms with Gasteiger partial charge in [-0.25, -0.2) is 8.42 Å². The number of hydrogen-bond acceptors (Lipinski definition) is 7. The van der Waals surface area contributed by atoms with Gasteiger partial charge in [-0.1, -0.05) is 11.6 Å². The van der Waals surface area contributed by atoms with E-state index in [1.165, 1.54) is 16.8 Å². The zero-order valence-electron chi connectivity index (χ0n) is 19.4. The third-order valence-electron chi connectivity index (χ3n) is 5.57. The first-order valence-electron chi connectivity index (χ1n) is 11.0. The fourth-order valence-electron chi connectivity index (χ4n) is 3.87. The number of rotatable bonds is 8. The molecule has 5 aromatic rings. The van der Waals surface area contributed by atoms with Crippen molar-refractivity contribution < 1.29 is 23.1 Å². The summed E-state index contributed by atoms with van der Waals surface area (Å²) >= 11 is 6.43. The number of nitrogens with one attached hydrogen (secondary N) is 1. The molecule has 0 saturated carbocycles. The fourth-order valence-corrected chi connectivity index (χ4v) is 4.73. The van der Waals surface area contributed by atoms with Crippen LogP contribution in [-0.4, -0.2) is 50.7 Å². The number of hydrogen-bond donors (Lipinski definition) is 2. The number of sulfone groups is 1. The number of pyridine rings is 1. The number of fused-ring (bicyclic) bond motifs is 1. The second-order valence-electron chi connectivity index (χ2n) is 8.33. The number of halogens is 1. The third kappa shape index (κ3) is 5.32. The summed E-state index contributed by atoms with van der Waals surface area (Å²) in [5.41, 5.74) is 3.19. The van der Waals surface area contributed by atoms with Crippen molar-refractivity contribution in [1.29, 1.82) is 0 Å². The smallest absolute Gasteiger partial charge is 0.325 e. The molecule has 2 N–H and O–H groups in total. The molecule has 37 heavy (non-hydrogen) atoms. The molecule has 0 fully saturated rings. The highest BCUT2D eigenvalue weighted by atomic mass is 35.5. The van der Waals surface area contributed by atoms with Crippen LogP contribution in [0.25, 0.3) is 22.2 Å². The maximum Gasteiger partial charge on any atom is 0.325 e. The maximum absolute atomic E-state index is 11.8. The molecule has 10 nitrogen and oxygen atoms in total. The first kappa shape index (κ1) is 24.5. The Bertz CT molecular complexity index is 1730. The van der Waals surface area contributed by atoms with Gasteiger partial charge < -0.3 is 9.84 Å². The quantitative estimate of drug-likeness (QED) is 0.298. The van der Waals surface area contributed by atoms with E-state index in [1.807, 2.05) is 6.07 Å². The van der Waals surface area contributed by atoms with Crippen molar-refractivity contribution in [2.75, 3.05) is 6.26 Å². The van der Waals surface area contributed by atoms with Crippen LogP contribution < -0.4 is 4.74 Å². The molecule has 0 aliphatic carbocycles. The molecular formula is C25H20ClN5O5S. The van der Waals surface area contributed by atoms with E-state index in [4.69, 9.17) is 21.4 Å². The standard InChI is InChI=1S/C25H20ClN5O5S/c1-37(34,35)18-6-4-17(5-7-18)36-22-12-15(24-20(26)3-2-9-27-24)11-19-21(28-29-25(19)22)13-16-8-10-31(30-16)14-23(32)33/h2-12H,13-14H2,1H3,(H,28,29)(H,32,33). The van der Waals surface area contributed by atoms with Gasteiger partial charge in [-0.2, -0.15) is 10.2 Å². The summed E-state index contributed by atoms with van der Waals surface area (Å²) in [6, 6.07) is 15.0. The fraction of sp³-hybridized carbons (Fsp3) is 0.120. The van der Waals surface area contributed by atoms with Gasteiger partial charge in [0.2, 0.25) is 0 Å². The van der Waals surface area contributed by atoms with Crippen LogP contribution in [0.2, 0.25) is 5.02 Å². The van der Waals surface area contributed by atoms with Gasteiger partial charge >= 0.3 is 5.97 Å². The highest BCUT2D eigenvalue weighted by molar-refractivity contribution is 7.90. The van der Waals surface area contributed by atoms with Gasteiger partial charge in [-0.05, 0) is 54.6 Å². The predicted molar refractivity (Wildman–Crippen MR) is 137 cm³/mol. The number of carboxylic acid groups (broad SMARTS) is 1. The molecule has 2 aromatic carbocycles. The Morgan fingerprint density at radius 3 is 2.65 bits per heavy atom. The minimum Gasteiger partial charge on any atom is -0.480 e. The molecule has 0 aliphatic rings. The summed E-state index contributed by atoms with van der Waals surface area (Å²) in [5, 5.41) is 22.0. The molecule has 0 atom stereocenters. The summed E-state index contributed by atoms with van der Waals surface area (Å²) in [7, 11) is -3.34. The van der Waals surface area contributed by atoms with E-state index in [2.05, 4.69) is 20.3 Å². The Hall–Kier alpha value is -4.22. The van der Waals surface area contributed by atoms with E-state index in [9.17, 15) is 13.2 Å². The topological polar surface area (TPSA) is 140 Å². The molecule has 3 aromatic heterocycles. The molecule has 0 amide bonds. The molecule has 0 spiro atoms. The SMILES string of the molecule is CS(=O)(=O)c1ccc(Oc2cc(-c3ncccc3Cl)cc3c(Cc4ccn(CC(=O)O)n4)[nH]nc23)cc1. The number of benzene rings is 2. The lowest BCUT2D eigenvalue weighted by Gasteiger charge is -2.11. The van der Waals surface area contributed by atoms with Crippen molar-refractivity contribution in [3.8, 4) is 22.8 Å². The van der Waals surface area contributed by atoms with Gasteiger partial charge in [0, 0.05) is 41.7 Å². The van der Waals surface area contributed by atoms with E-state index in [0.29, 0.717) is 45.4 Å². The van der Waals surface area contributed by atoms with Crippen LogP contribution in [-0.2, 0) is 27.6 Å². The number of carboxylic acids is 1. The van der Waals surface area contributed by atoms with Crippen LogP contribution in [0.15, 0.2) is 71.9 Å². The molecule has 3 heterocycles. The normalized spacial score (nSPS) is 11.6. The van der Waals surface area contributed by atoms with Crippen LogP contribution in [0.3, 0.4) is 0 Å². The first-order chi connectivity index (χ1) is 17.7. The van der Waals surface area contributed by atoms with Crippen LogP contribution in [0, 0.1) is 0 Å². The number of carbonyl (C=O) groups is 1. The molecule has 0 radical (unpaired) electrons. The molecule has 0 unspecified atom stereocenters. The van der Waals surface area contributed by atoms with Gasteiger partial charge in [0.1, 0.15) is 17.8 Å². The number of aliphatic carboxylic acids is 1. The molecule has 5 rings (SSSR count). The Morgan fingerprint density at radius 2 is 1.95 bits per heavy atom. The molecular weight excluding hydrogens is 518 g/mol. The van der Waals surface area contributed by atoms with Gasteiger partial charge in [-0.3, -0.25) is 19.6 Å². The molecule has 12 heteroatoms. The van der Waals surface area contributed by atoms with E-state index in [0.717, 1.165) is 17.3 Å². The Morgan fingerprint density at radius 1 is 1.16 bits per heavy atom. The number of aromatic nitrogens is 5. The summed E-state index contributed by atoms with van der Waals surface area (Å²) in [5.74, 6) is -0.139. The first-order valence-corrected chi connectivity index (χ1v) is 13.3. The van der Waals surface area contributed by atoms with Gasteiger partial charge in [0.15, 0.2) is 15.6 Å². The average Bonchev–Trinajstić information content (AvgIpc) is 3.46. The lowest BCUT2D eigenvalue weighted by atomic mass is 10.0. The van der Waals surface area contributed by atoms with Gasteiger partial charge in [-0.15, -0.1) is 0 Å². The van der Waals surface area contributed by atoms with Crippen molar-refractivity contribution >= 4 is 38.3 Å². The van der Waals surface area contributed by atoms with Crippen LogP contribution >= 0.6 is 11.6 Å². The third-order valence-corrected chi connectivity index (χ3v) is 7.00. The van der Waals surface area contributed by atoms with Crippen molar-refractivity contribution in [2.24, 2.45) is 0 Å². The lowest BCUT2D eigenvalue weighted by molar-refractivity contribution is -0.137. The summed E-state index contributed by atoms with van der Waals surface area (Å²) in [6.07, 6.45) is 4.75. The molecule has 0 saturated heterocycles. The van der Waals surface area contributed by atoms with E-state index in [1.54, 1.807) is 48.8 Å². The average molecular weight is 538 g/mol. The number of H-pyrrole nitrogens is 1. The zero-order chi connectivity index (χ0) is 26.2. The Labute approximate surface area is 216 Å². The molecule has 0 bridgehead atoms. The van der Waals surface area contributed by atoms with Crippen LogP contribution in [0.4, 0.5) is 0 Å². The van der Waals surface area contributed by atoms with Gasteiger partial charge in [0.25, 0.3) is 0 Å². The minimum absolute atomic E-state index is 0.184. The summed E-state index contributed by atoms with van der Waals surface area (Å²) in [6.45, 7) is -0.234. The summed E-state index contributed by atoms with van der Waals surface area (Å²) < 4.78 is 31.1. The second-order valence-corrected chi connectivity index (χ2v) is 10.8. The largest absolute Gasteiger partial charge is 0.480 e. The number of nitrogens with zero attached hydrogens (tertiary/aromatic N) is 4. The zero-order valence-corrected chi connectivity index (χ0v) is 21.0. The van der Waals surface area contributed by atoms with E-state index >= 15 is 0 Å². The lowest BCUT2D eigenvalue weighted by Crippen LogP contribution is -2.09. The molecule has 188 valence electrons. The van der Waals surface area contributed by atoms with E-state index in [-0.39, 0.29) is 11.4 Å². The second kappa shape index (κ2) is 9.68. The molecule has 0 aliphatic heterocycles. The van der Waals surface area contributed by atoms with Gasteiger partial charge in [0.05, 0.1) is 21.3 Å². The van der Waals surface area contributed by atoms with Crippen LogP contribution in [0.5, 0.6) is 11.5 Å². The Balaban J connectivity index is 1.57.